The molecule has 0 radical (unpaired) electrons. The van der Waals surface area contributed by atoms with E-state index >= 15 is 0 Å². The topological polar surface area (TPSA) is 72.6 Å². The molecule has 2 N–H and O–H groups in total. The van der Waals surface area contributed by atoms with E-state index < -0.39 is 10.0 Å². The molecule has 1 aromatic rings. The van der Waals surface area contributed by atoms with E-state index in [0.29, 0.717) is 42.3 Å². The minimum atomic E-state index is -3.48. The quantitative estimate of drug-likeness (QED) is 0.757. The number of rotatable bonds is 9. The summed E-state index contributed by atoms with van der Waals surface area (Å²) in [6, 6.07) is 5.07. The van der Waals surface area contributed by atoms with Gasteiger partial charge in [0.05, 0.1) is 12.0 Å². The van der Waals surface area contributed by atoms with Crippen LogP contribution in [-0.4, -0.2) is 39.5 Å². The standard InChI is InChI=1S/C15H26N2O3S/c1-4-10-17(11-5-2)21(18,19)15-7-6-14(20-3)12-13(15)8-9-16/h6-7,12H,4-5,8-11,16H2,1-3H3. The van der Waals surface area contributed by atoms with Gasteiger partial charge in [0, 0.05) is 13.1 Å². The third-order valence-corrected chi connectivity index (χ3v) is 5.24. The van der Waals surface area contributed by atoms with Gasteiger partial charge in [-0.2, -0.15) is 4.31 Å². The van der Waals surface area contributed by atoms with Crippen molar-refractivity contribution in [2.45, 2.75) is 38.0 Å². The molecule has 0 aliphatic heterocycles. The second-order valence-electron chi connectivity index (χ2n) is 4.92. The van der Waals surface area contributed by atoms with E-state index in [1.54, 1.807) is 29.6 Å². The summed E-state index contributed by atoms with van der Waals surface area (Å²) in [6.07, 6.45) is 2.10. The van der Waals surface area contributed by atoms with Crippen LogP contribution in [0.2, 0.25) is 0 Å². The molecule has 5 nitrogen and oxygen atoms in total. The van der Waals surface area contributed by atoms with Crippen molar-refractivity contribution >= 4 is 10.0 Å². The van der Waals surface area contributed by atoms with Crippen LogP contribution >= 0.6 is 0 Å². The van der Waals surface area contributed by atoms with Gasteiger partial charge < -0.3 is 10.5 Å². The molecule has 6 heteroatoms. The first-order valence-corrected chi connectivity index (χ1v) is 8.82. The molecule has 0 unspecified atom stereocenters. The highest BCUT2D eigenvalue weighted by atomic mass is 32.2. The van der Waals surface area contributed by atoms with Crippen molar-refractivity contribution in [1.29, 1.82) is 0 Å². The van der Waals surface area contributed by atoms with Crippen LogP contribution < -0.4 is 10.5 Å². The Balaban J connectivity index is 3.27. The summed E-state index contributed by atoms with van der Waals surface area (Å²) in [5, 5.41) is 0. The van der Waals surface area contributed by atoms with Crippen LogP contribution in [0, 0.1) is 0 Å². The number of methoxy groups -OCH3 is 1. The molecule has 0 fully saturated rings. The molecular formula is C15H26N2O3S. The maximum atomic E-state index is 12.9. The van der Waals surface area contributed by atoms with Gasteiger partial charge in [-0.25, -0.2) is 8.42 Å². The lowest BCUT2D eigenvalue weighted by Crippen LogP contribution is -2.33. The zero-order valence-corrected chi connectivity index (χ0v) is 13.9. The number of nitrogens with two attached hydrogens (primary N) is 1. The first-order valence-electron chi connectivity index (χ1n) is 7.38. The maximum Gasteiger partial charge on any atom is 0.243 e. The molecule has 0 saturated heterocycles. The lowest BCUT2D eigenvalue weighted by atomic mass is 10.1. The average molecular weight is 314 g/mol. The predicted octanol–water partition coefficient (Wildman–Crippen LogP) is 2.01. The highest BCUT2D eigenvalue weighted by Gasteiger charge is 2.25. The van der Waals surface area contributed by atoms with Crippen molar-refractivity contribution in [3.63, 3.8) is 0 Å². The Labute approximate surface area is 128 Å². The van der Waals surface area contributed by atoms with Crippen molar-refractivity contribution in [2.24, 2.45) is 5.73 Å². The fraction of sp³-hybridized carbons (Fsp3) is 0.600. The molecule has 0 amide bonds. The van der Waals surface area contributed by atoms with Crippen LogP contribution in [0.3, 0.4) is 0 Å². The Morgan fingerprint density at radius 3 is 2.29 bits per heavy atom. The fourth-order valence-corrected chi connectivity index (χ4v) is 4.13. The van der Waals surface area contributed by atoms with Crippen LogP contribution in [0.15, 0.2) is 23.1 Å². The second-order valence-corrected chi connectivity index (χ2v) is 6.82. The SMILES string of the molecule is CCCN(CCC)S(=O)(=O)c1ccc(OC)cc1CCN. The normalized spacial score (nSPS) is 11.9. The molecular weight excluding hydrogens is 288 g/mol. The molecule has 21 heavy (non-hydrogen) atoms. The van der Waals surface area contributed by atoms with Crippen LogP contribution in [0.1, 0.15) is 32.3 Å². The first kappa shape index (κ1) is 17.9. The maximum absolute atomic E-state index is 12.9. The molecule has 120 valence electrons. The van der Waals surface area contributed by atoms with Crippen LogP contribution in [0.4, 0.5) is 0 Å². The second kappa shape index (κ2) is 8.36. The Morgan fingerprint density at radius 2 is 1.81 bits per heavy atom. The summed E-state index contributed by atoms with van der Waals surface area (Å²) in [5.74, 6) is 0.648. The van der Waals surface area contributed by atoms with E-state index in [1.807, 2.05) is 13.8 Å². The highest BCUT2D eigenvalue weighted by Crippen LogP contribution is 2.25. The number of nitrogens with zero attached hydrogens (tertiary/aromatic N) is 1. The zero-order valence-electron chi connectivity index (χ0n) is 13.1. The molecule has 0 spiro atoms. The minimum absolute atomic E-state index is 0.343. The van der Waals surface area contributed by atoms with Gasteiger partial charge in [0.2, 0.25) is 10.0 Å². The molecule has 0 aliphatic rings. The van der Waals surface area contributed by atoms with Gasteiger partial charge in [-0.1, -0.05) is 13.8 Å². The van der Waals surface area contributed by atoms with Gasteiger partial charge in [0.25, 0.3) is 0 Å². The van der Waals surface area contributed by atoms with E-state index in [0.717, 1.165) is 12.8 Å². The minimum Gasteiger partial charge on any atom is -0.497 e. The molecule has 0 aromatic heterocycles. The Morgan fingerprint density at radius 1 is 1.19 bits per heavy atom. The van der Waals surface area contributed by atoms with E-state index in [-0.39, 0.29) is 0 Å². The van der Waals surface area contributed by atoms with Gasteiger partial charge in [0.1, 0.15) is 5.75 Å². The fourth-order valence-electron chi connectivity index (χ4n) is 2.28. The summed E-state index contributed by atoms with van der Waals surface area (Å²) in [4.78, 5) is 0.343. The first-order chi connectivity index (χ1) is 10.0. The molecule has 0 saturated carbocycles. The number of hydrogen-bond donors (Lipinski definition) is 1. The van der Waals surface area contributed by atoms with Crippen molar-refractivity contribution in [1.82, 2.24) is 4.31 Å². The van der Waals surface area contributed by atoms with Crippen molar-refractivity contribution < 1.29 is 13.2 Å². The molecule has 0 heterocycles. The highest BCUT2D eigenvalue weighted by molar-refractivity contribution is 7.89. The molecule has 0 aliphatic carbocycles. The smallest absolute Gasteiger partial charge is 0.243 e. The van der Waals surface area contributed by atoms with Gasteiger partial charge in [-0.05, 0) is 49.6 Å². The summed E-state index contributed by atoms with van der Waals surface area (Å²) >= 11 is 0. The van der Waals surface area contributed by atoms with Crippen LogP contribution in [0.5, 0.6) is 5.75 Å². The van der Waals surface area contributed by atoms with E-state index in [1.165, 1.54) is 0 Å². The number of hydrogen-bond acceptors (Lipinski definition) is 4. The lowest BCUT2D eigenvalue weighted by Gasteiger charge is -2.22. The zero-order chi connectivity index (χ0) is 15.9. The monoisotopic (exact) mass is 314 g/mol. The Hall–Kier alpha value is -1.11. The molecule has 1 aromatic carbocycles. The largest absolute Gasteiger partial charge is 0.497 e. The third-order valence-electron chi connectivity index (χ3n) is 3.25. The summed E-state index contributed by atoms with van der Waals surface area (Å²) < 4.78 is 32.4. The average Bonchev–Trinajstić information content (AvgIpc) is 2.47. The number of benzene rings is 1. The Kier molecular flexibility index (Phi) is 7.14. The third kappa shape index (κ3) is 4.43. The van der Waals surface area contributed by atoms with E-state index in [9.17, 15) is 8.42 Å². The van der Waals surface area contributed by atoms with Crippen LogP contribution in [-0.2, 0) is 16.4 Å². The number of sulfonamides is 1. The van der Waals surface area contributed by atoms with Crippen molar-refractivity contribution in [3.8, 4) is 5.75 Å². The van der Waals surface area contributed by atoms with Crippen LogP contribution in [0.25, 0.3) is 0 Å². The summed E-state index contributed by atoms with van der Waals surface area (Å²) in [5.41, 5.74) is 6.33. The van der Waals surface area contributed by atoms with E-state index in [4.69, 9.17) is 10.5 Å². The predicted molar refractivity (Wildman–Crippen MR) is 85.1 cm³/mol. The van der Waals surface area contributed by atoms with Gasteiger partial charge in [-0.15, -0.1) is 0 Å². The van der Waals surface area contributed by atoms with E-state index in [2.05, 4.69) is 0 Å². The van der Waals surface area contributed by atoms with Crippen molar-refractivity contribution in [3.05, 3.63) is 23.8 Å². The van der Waals surface area contributed by atoms with Gasteiger partial charge in [0.15, 0.2) is 0 Å². The van der Waals surface area contributed by atoms with Gasteiger partial charge in [-0.3, -0.25) is 0 Å². The van der Waals surface area contributed by atoms with Crippen molar-refractivity contribution in [2.75, 3.05) is 26.7 Å². The lowest BCUT2D eigenvalue weighted by molar-refractivity contribution is 0.407. The molecule has 0 bridgehead atoms. The summed E-state index contributed by atoms with van der Waals surface area (Å²) in [7, 11) is -1.92. The summed E-state index contributed by atoms with van der Waals surface area (Å²) in [6.45, 7) is 5.42. The number of ether oxygens (including phenoxy) is 1. The Bertz CT molecular complexity index is 538. The molecule has 1 rings (SSSR count). The van der Waals surface area contributed by atoms with Gasteiger partial charge >= 0.3 is 0 Å². The molecule has 0 atom stereocenters.